The molecule has 4 rings (SSSR count). The van der Waals surface area contributed by atoms with Crippen LogP contribution in [-0.4, -0.2) is 12.1 Å². The fraction of sp³-hybridized carbons (Fsp3) is 0.0500. The van der Waals surface area contributed by atoms with Crippen LogP contribution in [0.2, 0.25) is 0 Å². The Bertz CT molecular complexity index is 1010. The summed E-state index contributed by atoms with van der Waals surface area (Å²) in [4.78, 5) is 4.91. The highest BCUT2D eigenvalue weighted by molar-refractivity contribution is 9.10. The second-order valence-electron chi connectivity index (χ2n) is 5.40. The number of nitrogens with zero attached hydrogens (tertiary/aromatic N) is 1. The Hall–Kier alpha value is -2.39. The molecule has 0 saturated carbocycles. The summed E-state index contributed by atoms with van der Waals surface area (Å²) in [5, 5.41) is 3.45. The molecule has 1 heterocycles. The molecule has 0 fully saturated rings. The van der Waals surface area contributed by atoms with Crippen LogP contribution in [0.25, 0.3) is 32.9 Å². The second kappa shape index (κ2) is 5.67. The number of methoxy groups -OCH3 is 1. The third-order valence-corrected chi connectivity index (χ3v) is 4.55. The van der Waals surface area contributed by atoms with E-state index < -0.39 is 0 Å². The fourth-order valence-electron chi connectivity index (χ4n) is 2.89. The van der Waals surface area contributed by atoms with Crippen LogP contribution in [0.1, 0.15) is 0 Å². The molecule has 0 aliphatic rings. The molecular weight excluding hydrogens is 350 g/mol. The Morgan fingerprint density at radius 3 is 2.30 bits per heavy atom. The van der Waals surface area contributed by atoms with E-state index in [0.717, 1.165) is 37.8 Å². The number of hydrogen-bond donors (Lipinski definition) is 0. The number of benzene rings is 3. The fourth-order valence-corrected chi connectivity index (χ4v) is 3.15. The smallest absolute Gasteiger partial charge is 0.119 e. The lowest BCUT2D eigenvalue weighted by atomic mass is 10.00. The molecule has 0 spiro atoms. The van der Waals surface area contributed by atoms with Gasteiger partial charge in [0.15, 0.2) is 0 Å². The predicted molar refractivity (Wildman–Crippen MR) is 98.9 cm³/mol. The van der Waals surface area contributed by atoms with Gasteiger partial charge in [0.05, 0.1) is 18.3 Å². The lowest BCUT2D eigenvalue weighted by molar-refractivity contribution is 0.415. The van der Waals surface area contributed by atoms with Gasteiger partial charge in [0.2, 0.25) is 0 Å². The lowest BCUT2D eigenvalue weighted by Gasteiger charge is -2.11. The van der Waals surface area contributed by atoms with Crippen LogP contribution in [0.4, 0.5) is 0 Å². The average molecular weight is 364 g/mol. The Balaban J connectivity index is 2.09. The van der Waals surface area contributed by atoms with E-state index in [4.69, 9.17) is 9.72 Å². The SMILES string of the molecule is COc1ccc2nc(-c3ccc(Br)cc3)c3ccccc3c2c1. The van der Waals surface area contributed by atoms with Crippen molar-refractivity contribution in [3.63, 3.8) is 0 Å². The molecule has 0 amide bonds. The highest BCUT2D eigenvalue weighted by atomic mass is 79.9. The van der Waals surface area contributed by atoms with Gasteiger partial charge in [-0.2, -0.15) is 0 Å². The van der Waals surface area contributed by atoms with E-state index in [0.29, 0.717) is 0 Å². The summed E-state index contributed by atoms with van der Waals surface area (Å²) in [6.07, 6.45) is 0. The largest absolute Gasteiger partial charge is 0.497 e. The molecule has 0 aliphatic heterocycles. The van der Waals surface area contributed by atoms with E-state index in [9.17, 15) is 0 Å². The first-order valence-electron chi connectivity index (χ1n) is 7.39. The number of aromatic nitrogens is 1. The standard InChI is InChI=1S/C20H14BrNO/c1-23-15-10-11-19-18(12-15)16-4-2-3-5-17(16)20(22-19)13-6-8-14(21)9-7-13/h2-12H,1H3. The van der Waals surface area contributed by atoms with Crippen LogP contribution in [-0.2, 0) is 0 Å². The first kappa shape index (κ1) is 14.2. The molecule has 3 heteroatoms. The van der Waals surface area contributed by atoms with Crippen molar-refractivity contribution in [1.29, 1.82) is 0 Å². The van der Waals surface area contributed by atoms with Gasteiger partial charge in [-0.1, -0.05) is 52.3 Å². The van der Waals surface area contributed by atoms with Crippen molar-refractivity contribution >= 4 is 37.6 Å². The maximum atomic E-state index is 5.37. The summed E-state index contributed by atoms with van der Waals surface area (Å²) >= 11 is 3.49. The molecule has 0 N–H and O–H groups in total. The van der Waals surface area contributed by atoms with E-state index in [1.165, 1.54) is 5.39 Å². The summed E-state index contributed by atoms with van der Waals surface area (Å²) in [6.45, 7) is 0. The summed E-state index contributed by atoms with van der Waals surface area (Å²) < 4.78 is 6.43. The van der Waals surface area contributed by atoms with Gasteiger partial charge in [-0.25, -0.2) is 4.98 Å². The zero-order valence-corrected chi connectivity index (χ0v) is 14.2. The minimum Gasteiger partial charge on any atom is -0.497 e. The molecule has 2 nitrogen and oxygen atoms in total. The van der Waals surface area contributed by atoms with Gasteiger partial charge in [0.1, 0.15) is 5.75 Å². The van der Waals surface area contributed by atoms with Crippen molar-refractivity contribution in [2.24, 2.45) is 0 Å². The summed E-state index contributed by atoms with van der Waals surface area (Å²) in [5.41, 5.74) is 3.09. The molecule has 3 aromatic carbocycles. The Kier molecular flexibility index (Phi) is 3.50. The minimum absolute atomic E-state index is 0.848. The number of fused-ring (bicyclic) bond motifs is 3. The van der Waals surface area contributed by atoms with E-state index >= 15 is 0 Å². The van der Waals surface area contributed by atoms with Gasteiger partial charge in [-0.3, -0.25) is 0 Å². The average Bonchev–Trinajstić information content (AvgIpc) is 2.61. The number of pyridine rings is 1. The van der Waals surface area contributed by atoms with Gasteiger partial charge >= 0.3 is 0 Å². The predicted octanol–water partition coefficient (Wildman–Crippen LogP) is 5.83. The zero-order chi connectivity index (χ0) is 15.8. The van der Waals surface area contributed by atoms with Crippen molar-refractivity contribution in [3.8, 4) is 17.0 Å². The van der Waals surface area contributed by atoms with Crippen LogP contribution in [0.3, 0.4) is 0 Å². The number of hydrogen-bond acceptors (Lipinski definition) is 2. The highest BCUT2D eigenvalue weighted by Crippen LogP contribution is 2.34. The van der Waals surface area contributed by atoms with Crippen LogP contribution in [0, 0.1) is 0 Å². The number of rotatable bonds is 2. The molecule has 112 valence electrons. The maximum Gasteiger partial charge on any atom is 0.119 e. The molecule has 0 saturated heterocycles. The third kappa shape index (κ3) is 2.47. The Labute approximate surface area is 142 Å². The van der Waals surface area contributed by atoms with E-state index in [-0.39, 0.29) is 0 Å². The van der Waals surface area contributed by atoms with E-state index in [2.05, 4.69) is 58.4 Å². The highest BCUT2D eigenvalue weighted by Gasteiger charge is 2.10. The number of ether oxygens (including phenoxy) is 1. The monoisotopic (exact) mass is 363 g/mol. The Morgan fingerprint density at radius 1 is 0.826 bits per heavy atom. The van der Waals surface area contributed by atoms with Crippen molar-refractivity contribution < 1.29 is 4.74 Å². The maximum absolute atomic E-state index is 5.37. The number of halogens is 1. The van der Waals surface area contributed by atoms with E-state index in [1.807, 2.05) is 24.3 Å². The summed E-state index contributed by atoms with van der Waals surface area (Å²) in [5.74, 6) is 0.848. The molecule has 0 bridgehead atoms. The lowest BCUT2D eigenvalue weighted by Crippen LogP contribution is -1.90. The molecule has 4 aromatic rings. The molecular formula is C20H14BrNO. The first-order valence-corrected chi connectivity index (χ1v) is 8.18. The van der Waals surface area contributed by atoms with Gasteiger partial charge in [-0.05, 0) is 35.7 Å². The van der Waals surface area contributed by atoms with Crippen molar-refractivity contribution in [2.45, 2.75) is 0 Å². The van der Waals surface area contributed by atoms with Gasteiger partial charge in [-0.15, -0.1) is 0 Å². The van der Waals surface area contributed by atoms with Gasteiger partial charge in [0, 0.05) is 20.8 Å². The first-order chi connectivity index (χ1) is 11.3. The van der Waals surface area contributed by atoms with Gasteiger partial charge in [0.25, 0.3) is 0 Å². The Morgan fingerprint density at radius 2 is 1.57 bits per heavy atom. The van der Waals surface area contributed by atoms with Gasteiger partial charge < -0.3 is 4.74 Å². The van der Waals surface area contributed by atoms with Crippen LogP contribution >= 0.6 is 15.9 Å². The zero-order valence-electron chi connectivity index (χ0n) is 12.6. The normalized spacial score (nSPS) is 11.0. The quantitative estimate of drug-likeness (QED) is 0.418. The summed E-state index contributed by atoms with van der Waals surface area (Å²) in [7, 11) is 1.69. The summed E-state index contributed by atoms with van der Waals surface area (Å²) in [6, 6.07) is 22.7. The van der Waals surface area contributed by atoms with Crippen molar-refractivity contribution in [3.05, 3.63) is 71.2 Å². The van der Waals surface area contributed by atoms with Crippen LogP contribution in [0.5, 0.6) is 5.75 Å². The molecule has 0 unspecified atom stereocenters. The third-order valence-electron chi connectivity index (χ3n) is 4.03. The van der Waals surface area contributed by atoms with Crippen molar-refractivity contribution in [1.82, 2.24) is 4.98 Å². The molecule has 23 heavy (non-hydrogen) atoms. The second-order valence-corrected chi connectivity index (χ2v) is 6.31. The van der Waals surface area contributed by atoms with Crippen LogP contribution < -0.4 is 4.74 Å². The molecule has 1 aromatic heterocycles. The molecule has 0 aliphatic carbocycles. The topological polar surface area (TPSA) is 22.1 Å². The minimum atomic E-state index is 0.848. The molecule has 0 radical (unpaired) electrons. The van der Waals surface area contributed by atoms with E-state index in [1.54, 1.807) is 7.11 Å². The van der Waals surface area contributed by atoms with Crippen LogP contribution in [0.15, 0.2) is 71.2 Å². The van der Waals surface area contributed by atoms with Crippen molar-refractivity contribution in [2.75, 3.05) is 7.11 Å². The molecule has 0 atom stereocenters.